The molecular weight excluding hydrogens is 221 g/mol. The van der Waals surface area contributed by atoms with E-state index in [4.69, 9.17) is 0 Å². The molecule has 0 fully saturated rings. The van der Waals surface area contributed by atoms with Gasteiger partial charge in [-0.3, -0.25) is 0 Å². The van der Waals surface area contributed by atoms with Crippen LogP contribution in [0.2, 0.25) is 0 Å². The summed E-state index contributed by atoms with van der Waals surface area (Å²) < 4.78 is 38.6. The van der Waals surface area contributed by atoms with E-state index in [9.17, 15) is 18.3 Å². The summed E-state index contributed by atoms with van der Waals surface area (Å²) in [7, 11) is 1.59. The van der Waals surface area contributed by atoms with Crippen molar-refractivity contribution in [2.24, 2.45) is 7.05 Å². The second kappa shape index (κ2) is 3.48. The first-order valence-electron chi connectivity index (χ1n) is 4.56. The van der Waals surface area contributed by atoms with Crippen LogP contribution in [0.1, 0.15) is 11.7 Å². The molecule has 3 nitrogen and oxygen atoms in total. The van der Waals surface area contributed by atoms with Crippen LogP contribution in [-0.4, -0.2) is 20.8 Å². The van der Waals surface area contributed by atoms with Gasteiger partial charge in [-0.05, 0) is 12.1 Å². The lowest BCUT2D eigenvalue weighted by Crippen LogP contribution is -2.19. The van der Waals surface area contributed by atoms with Crippen molar-refractivity contribution in [1.29, 1.82) is 0 Å². The van der Waals surface area contributed by atoms with Crippen LogP contribution in [0.3, 0.4) is 0 Å². The number of halogens is 3. The highest BCUT2D eigenvalue weighted by atomic mass is 19.4. The van der Waals surface area contributed by atoms with Gasteiger partial charge in [0.2, 0.25) is 0 Å². The van der Waals surface area contributed by atoms with Crippen molar-refractivity contribution in [2.45, 2.75) is 12.3 Å². The van der Waals surface area contributed by atoms with E-state index in [0.717, 1.165) is 0 Å². The molecule has 0 saturated heterocycles. The lowest BCUT2D eigenvalue weighted by atomic mass is 10.1. The second-order valence-electron chi connectivity index (χ2n) is 3.51. The molecule has 1 atom stereocenters. The Morgan fingerprint density at radius 1 is 1.44 bits per heavy atom. The Bertz CT molecular complexity index is 518. The molecule has 0 aliphatic rings. The Kier molecular flexibility index (Phi) is 2.38. The van der Waals surface area contributed by atoms with Crippen LogP contribution < -0.4 is 0 Å². The molecule has 2 aromatic rings. The quantitative estimate of drug-likeness (QED) is 0.815. The third-order valence-electron chi connectivity index (χ3n) is 2.37. The third kappa shape index (κ3) is 1.65. The summed E-state index contributed by atoms with van der Waals surface area (Å²) >= 11 is 0. The van der Waals surface area contributed by atoms with Gasteiger partial charge < -0.3 is 9.67 Å². The molecule has 2 rings (SSSR count). The van der Waals surface area contributed by atoms with Crippen LogP contribution in [0, 0.1) is 0 Å². The number of rotatable bonds is 1. The Hall–Kier alpha value is -1.56. The lowest BCUT2D eigenvalue weighted by Gasteiger charge is -2.13. The molecule has 0 aromatic carbocycles. The average molecular weight is 230 g/mol. The number of pyridine rings is 1. The fraction of sp³-hybridized carbons (Fsp3) is 0.300. The van der Waals surface area contributed by atoms with Crippen molar-refractivity contribution in [3.8, 4) is 0 Å². The minimum atomic E-state index is -4.66. The number of nitrogens with zero attached hydrogens (tertiary/aromatic N) is 2. The van der Waals surface area contributed by atoms with Gasteiger partial charge in [-0.2, -0.15) is 13.2 Å². The predicted octanol–water partition coefficient (Wildman–Crippen LogP) is 2.17. The zero-order valence-corrected chi connectivity index (χ0v) is 8.36. The van der Waals surface area contributed by atoms with Crippen molar-refractivity contribution in [2.75, 3.05) is 0 Å². The van der Waals surface area contributed by atoms with Gasteiger partial charge >= 0.3 is 6.18 Å². The molecule has 86 valence electrons. The van der Waals surface area contributed by atoms with E-state index in [1.54, 1.807) is 7.05 Å². The number of aliphatic hydroxyl groups excluding tert-OH is 1. The maximum Gasteiger partial charge on any atom is 0.418 e. The number of alkyl halides is 3. The predicted molar refractivity (Wildman–Crippen MR) is 51.7 cm³/mol. The molecule has 0 amide bonds. The highest BCUT2D eigenvalue weighted by Gasteiger charge is 2.40. The zero-order valence-electron chi connectivity index (χ0n) is 8.36. The molecule has 0 spiro atoms. The molecule has 0 saturated carbocycles. The van der Waals surface area contributed by atoms with Gasteiger partial charge in [0.05, 0.1) is 0 Å². The highest BCUT2D eigenvalue weighted by Crippen LogP contribution is 2.36. The maximum absolute atomic E-state index is 12.4. The molecule has 2 aromatic heterocycles. The summed E-state index contributed by atoms with van der Waals surface area (Å²) in [6.07, 6.45) is -4.40. The van der Waals surface area contributed by atoms with E-state index in [0.29, 0.717) is 11.0 Å². The molecule has 6 heteroatoms. The Labute approximate surface area is 89.1 Å². The molecule has 0 aliphatic carbocycles. The van der Waals surface area contributed by atoms with Crippen LogP contribution >= 0.6 is 0 Å². The Morgan fingerprint density at radius 2 is 2.12 bits per heavy atom. The van der Waals surface area contributed by atoms with Gasteiger partial charge in [-0.1, -0.05) is 0 Å². The van der Waals surface area contributed by atoms with Crippen LogP contribution in [0.25, 0.3) is 11.0 Å². The maximum atomic E-state index is 12.4. The monoisotopic (exact) mass is 230 g/mol. The molecule has 0 bridgehead atoms. The largest absolute Gasteiger partial charge is 0.418 e. The topological polar surface area (TPSA) is 38.0 Å². The summed E-state index contributed by atoms with van der Waals surface area (Å²) in [5, 5.41) is 9.52. The Morgan fingerprint density at radius 3 is 2.75 bits per heavy atom. The first-order chi connectivity index (χ1) is 7.41. The van der Waals surface area contributed by atoms with Gasteiger partial charge in [-0.15, -0.1) is 0 Å². The minimum absolute atomic E-state index is 0.168. The third-order valence-corrected chi connectivity index (χ3v) is 2.37. The Balaban J connectivity index is 2.62. The number of aliphatic hydroxyl groups is 1. The second-order valence-corrected chi connectivity index (χ2v) is 3.51. The highest BCUT2D eigenvalue weighted by molar-refractivity contribution is 5.80. The van der Waals surface area contributed by atoms with Crippen LogP contribution in [0.5, 0.6) is 0 Å². The van der Waals surface area contributed by atoms with Gasteiger partial charge in [0.15, 0.2) is 6.10 Å². The summed E-state index contributed by atoms with van der Waals surface area (Å²) in [4.78, 5) is 3.95. The molecule has 16 heavy (non-hydrogen) atoms. The van der Waals surface area contributed by atoms with Crippen molar-refractivity contribution in [3.63, 3.8) is 0 Å². The van der Waals surface area contributed by atoms with E-state index in [1.807, 2.05) is 0 Å². The number of hydrogen-bond donors (Lipinski definition) is 1. The molecule has 1 N–H and O–H groups in total. The molecule has 1 unspecified atom stereocenters. The number of aryl methyl sites for hydroxylation is 1. The summed E-state index contributed by atoms with van der Waals surface area (Å²) in [6.45, 7) is 0. The first kappa shape index (κ1) is 10.9. The summed E-state index contributed by atoms with van der Waals surface area (Å²) in [6, 6.07) is 3.04. The van der Waals surface area contributed by atoms with Gasteiger partial charge in [-0.25, -0.2) is 4.98 Å². The van der Waals surface area contributed by atoms with E-state index in [2.05, 4.69) is 4.98 Å². The van der Waals surface area contributed by atoms with E-state index in [-0.39, 0.29) is 5.56 Å². The number of hydrogen-bond acceptors (Lipinski definition) is 2. The molecule has 2 heterocycles. The van der Waals surface area contributed by atoms with Crippen molar-refractivity contribution >= 4 is 11.0 Å². The molecule has 0 radical (unpaired) electrons. The zero-order chi connectivity index (χ0) is 11.9. The van der Waals surface area contributed by atoms with E-state index >= 15 is 0 Å². The van der Waals surface area contributed by atoms with Gasteiger partial charge in [0, 0.05) is 30.4 Å². The summed E-state index contributed by atoms with van der Waals surface area (Å²) in [5.41, 5.74) is 0.249. The van der Waals surface area contributed by atoms with Crippen LogP contribution in [0.15, 0.2) is 24.5 Å². The summed E-state index contributed by atoms with van der Waals surface area (Å²) in [5.74, 6) is 0. The van der Waals surface area contributed by atoms with Gasteiger partial charge in [0.25, 0.3) is 0 Å². The van der Waals surface area contributed by atoms with Gasteiger partial charge in [0.1, 0.15) is 5.65 Å². The number of fused-ring (bicyclic) bond motifs is 1. The normalized spacial score (nSPS) is 14.3. The SMILES string of the molecule is Cn1cc(C(O)C(F)(F)F)c2cccnc21. The molecular formula is C10H9F3N2O. The van der Waals surface area contributed by atoms with Crippen LogP contribution in [0.4, 0.5) is 13.2 Å². The lowest BCUT2D eigenvalue weighted by molar-refractivity contribution is -0.206. The fourth-order valence-electron chi connectivity index (χ4n) is 1.64. The average Bonchev–Trinajstić information content (AvgIpc) is 2.55. The number of aromatic nitrogens is 2. The van der Waals surface area contributed by atoms with Crippen LogP contribution in [-0.2, 0) is 7.05 Å². The minimum Gasteiger partial charge on any atom is -0.379 e. The first-order valence-corrected chi connectivity index (χ1v) is 4.56. The van der Waals surface area contributed by atoms with Crippen molar-refractivity contribution in [3.05, 3.63) is 30.1 Å². The van der Waals surface area contributed by atoms with Crippen molar-refractivity contribution in [1.82, 2.24) is 9.55 Å². The smallest absolute Gasteiger partial charge is 0.379 e. The van der Waals surface area contributed by atoms with E-state index in [1.165, 1.54) is 29.1 Å². The standard InChI is InChI=1S/C10H9F3N2O/c1-15-5-7(8(16)10(11,12)13)6-3-2-4-14-9(6)15/h2-5,8,16H,1H3. The molecule has 0 aliphatic heterocycles. The van der Waals surface area contributed by atoms with E-state index < -0.39 is 12.3 Å². The van der Waals surface area contributed by atoms with Crippen molar-refractivity contribution < 1.29 is 18.3 Å². The fourth-order valence-corrected chi connectivity index (χ4v) is 1.64.